The number of esters is 1. The highest BCUT2D eigenvalue weighted by Crippen LogP contribution is 2.17. The number of ether oxygens (including phenoxy) is 1. The van der Waals surface area contributed by atoms with Gasteiger partial charge in [0.05, 0.1) is 7.11 Å². The van der Waals surface area contributed by atoms with E-state index < -0.39 is 12.0 Å². The van der Waals surface area contributed by atoms with E-state index in [2.05, 4.69) is 15.0 Å². The number of methoxy groups -OCH3 is 1. The zero-order valence-electron chi connectivity index (χ0n) is 15.0. The van der Waals surface area contributed by atoms with E-state index in [4.69, 9.17) is 0 Å². The smallest absolute Gasteiger partial charge is 0.328 e. The van der Waals surface area contributed by atoms with Crippen LogP contribution in [0.3, 0.4) is 0 Å². The number of amides is 2. The van der Waals surface area contributed by atoms with Crippen LogP contribution in [0.4, 0.5) is 10.1 Å². The lowest BCUT2D eigenvalue weighted by Crippen LogP contribution is -2.49. The molecule has 1 aliphatic heterocycles. The minimum Gasteiger partial charge on any atom is -0.467 e. The first-order valence-corrected chi connectivity index (χ1v) is 8.56. The van der Waals surface area contributed by atoms with Gasteiger partial charge in [-0.1, -0.05) is 0 Å². The lowest BCUT2D eigenvalue weighted by molar-refractivity contribution is -0.144. The van der Waals surface area contributed by atoms with Crippen molar-refractivity contribution < 1.29 is 23.5 Å². The Balaban J connectivity index is 1.73. The Kier molecular flexibility index (Phi) is 6.94. The third-order valence-electron chi connectivity index (χ3n) is 4.32. The molecule has 1 aromatic carbocycles. The summed E-state index contributed by atoms with van der Waals surface area (Å²) in [5.74, 6) is -1.25. The fourth-order valence-corrected chi connectivity index (χ4v) is 2.79. The van der Waals surface area contributed by atoms with E-state index in [0.29, 0.717) is 26.2 Å². The highest BCUT2D eigenvalue weighted by Gasteiger charge is 2.22. The molecule has 2 amide bonds. The number of piperazine rings is 1. The van der Waals surface area contributed by atoms with Crippen LogP contribution in [0.2, 0.25) is 0 Å². The van der Waals surface area contributed by atoms with Crippen molar-refractivity contribution >= 4 is 23.5 Å². The predicted octanol–water partition coefficient (Wildman–Crippen LogP) is 0.932. The summed E-state index contributed by atoms with van der Waals surface area (Å²) in [5, 5.41) is 2.50. The van der Waals surface area contributed by atoms with Gasteiger partial charge >= 0.3 is 5.97 Å². The molecule has 1 heterocycles. The molecule has 8 heteroatoms. The predicted molar refractivity (Wildman–Crippen MR) is 94.0 cm³/mol. The molecule has 1 atom stereocenters. The first-order valence-electron chi connectivity index (χ1n) is 8.56. The van der Waals surface area contributed by atoms with Crippen molar-refractivity contribution in [3.63, 3.8) is 0 Å². The van der Waals surface area contributed by atoms with E-state index >= 15 is 0 Å². The number of hydrogen-bond donors (Lipinski definition) is 1. The quantitative estimate of drug-likeness (QED) is 0.759. The zero-order chi connectivity index (χ0) is 19.1. The average molecular weight is 365 g/mol. The lowest BCUT2D eigenvalue weighted by Gasteiger charge is -2.36. The largest absolute Gasteiger partial charge is 0.467 e. The molecule has 0 spiro atoms. The molecule has 0 unspecified atom stereocenters. The molecule has 1 fully saturated rings. The Labute approximate surface area is 152 Å². The first kappa shape index (κ1) is 19.7. The van der Waals surface area contributed by atoms with E-state index in [-0.39, 0.29) is 30.5 Å². The maximum atomic E-state index is 13.0. The summed E-state index contributed by atoms with van der Waals surface area (Å²) in [6.45, 7) is 3.94. The van der Waals surface area contributed by atoms with E-state index in [1.165, 1.54) is 26.2 Å². The molecular formula is C18H24FN3O4. The van der Waals surface area contributed by atoms with Crippen molar-refractivity contribution in [2.45, 2.75) is 25.8 Å². The molecule has 1 saturated heterocycles. The van der Waals surface area contributed by atoms with Crippen LogP contribution >= 0.6 is 0 Å². The van der Waals surface area contributed by atoms with Crippen molar-refractivity contribution in [1.29, 1.82) is 0 Å². The zero-order valence-corrected chi connectivity index (χ0v) is 15.0. The van der Waals surface area contributed by atoms with Crippen LogP contribution in [0.15, 0.2) is 24.3 Å². The molecule has 0 saturated carbocycles. The van der Waals surface area contributed by atoms with Crippen molar-refractivity contribution in [2.75, 3.05) is 38.2 Å². The van der Waals surface area contributed by atoms with Gasteiger partial charge in [-0.15, -0.1) is 0 Å². The Morgan fingerprint density at radius 1 is 1.12 bits per heavy atom. The van der Waals surface area contributed by atoms with E-state index in [0.717, 1.165) is 5.69 Å². The van der Waals surface area contributed by atoms with Crippen molar-refractivity contribution in [3.8, 4) is 0 Å². The summed E-state index contributed by atoms with van der Waals surface area (Å²) in [7, 11) is 1.25. The van der Waals surface area contributed by atoms with Crippen LogP contribution in [0.5, 0.6) is 0 Å². The second-order valence-electron chi connectivity index (χ2n) is 6.16. The van der Waals surface area contributed by atoms with Crippen LogP contribution in [0.25, 0.3) is 0 Å². The van der Waals surface area contributed by atoms with Gasteiger partial charge in [-0.25, -0.2) is 9.18 Å². The van der Waals surface area contributed by atoms with Crippen LogP contribution in [-0.2, 0) is 19.1 Å². The number of benzene rings is 1. The highest BCUT2D eigenvalue weighted by molar-refractivity contribution is 5.87. The SMILES string of the molecule is COC(=O)[C@@H](C)NC(=O)CCC(=O)N1CCN(c2ccc(F)cc2)CC1. The third-order valence-corrected chi connectivity index (χ3v) is 4.32. The van der Waals surface area contributed by atoms with E-state index in [9.17, 15) is 18.8 Å². The van der Waals surface area contributed by atoms with Gasteiger partial charge in [-0.3, -0.25) is 9.59 Å². The van der Waals surface area contributed by atoms with Gasteiger partial charge in [0.15, 0.2) is 0 Å². The maximum absolute atomic E-state index is 13.0. The van der Waals surface area contributed by atoms with Crippen LogP contribution < -0.4 is 10.2 Å². The molecule has 142 valence electrons. The minimum atomic E-state index is -0.734. The molecule has 0 radical (unpaired) electrons. The molecule has 26 heavy (non-hydrogen) atoms. The number of carbonyl (C=O) groups is 3. The highest BCUT2D eigenvalue weighted by atomic mass is 19.1. The monoisotopic (exact) mass is 365 g/mol. The number of halogens is 1. The summed E-state index contributed by atoms with van der Waals surface area (Å²) >= 11 is 0. The fraction of sp³-hybridized carbons (Fsp3) is 0.500. The van der Waals surface area contributed by atoms with Crippen molar-refractivity contribution in [2.24, 2.45) is 0 Å². The van der Waals surface area contributed by atoms with Gasteiger partial charge in [0.25, 0.3) is 0 Å². The number of nitrogens with one attached hydrogen (secondary N) is 1. The van der Waals surface area contributed by atoms with Gasteiger partial charge < -0.3 is 19.9 Å². The molecule has 0 aliphatic carbocycles. The second-order valence-corrected chi connectivity index (χ2v) is 6.16. The molecule has 0 aromatic heterocycles. The molecule has 2 rings (SSSR count). The number of nitrogens with zero attached hydrogens (tertiary/aromatic N) is 2. The topological polar surface area (TPSA) is 78.9 Å². The van der Waals surface area contributed by atoms with Gasteiger partial charge in [0.1, 0.15) is 11.9 Å². The van der Waals surface area contributed by atoms with Gasteiger partial charge in [-0.2, -0.15) is 0 Å². The van der Waals surface area contributed by atoms with E-state index in [1.54, 1.807) is 17.0 Å². The Morgan fingerprint density at radius 3 is 2.31 bits per heavy atom. The van der Waals surface area contributed by atoms with Crippen molar-refractivity contribution in [1.82, 2.24) is 10.2 Å². The van der Waals surface area contributed by atoms with Crippen LogP contribution in [-0.4, -0.2) is 62.0 Å². The Morgan fingerprint density at radius 2 is 1.73 bits per heavy atom. The molecule has 1 aromatic rings. The Hall–Kier alpha value is -2.64. The summed E-state index contributed by atoms with van der Waals surface area (Å²) in [6.07, 6.45) is 0.120. The molecular weight excluding hydrogens is 341 g/mol. The summed E-state index contributed by atoms with van der Waals surface area (Å²) in [5.41, 5.74) is 0.926. The maximum Gasteiger partial charge on any atom is 0.328 e. The minimum absolute atomic E-state index is 0.0261. The summed E-state index contributed by atoms with van der Waals surface area (Å²) < 4.78 is 17.5. The molecule has 0 bridgehead atoms. The van der Waals surface area contributed by atoms with Crippen LogP contribution in [0.1, 0.15) is 19.8 Å². The fourth-order valence-electron chi connectivity index (χ4n) is 2.79. The summed E-state index contributed by atoms with van der Waals surface area (Å²) in [6, 6.07) is 5.54. The normalized spacial score (nSPS) is 15.3. The number of rotatable bonds is 6. The number of anilines is 1. The van der Waals surface area contributed by atoms with Crippen LogP contribution in [0, 0.1) is 5.82 Å². The second kappa shape index (κ2) is 9.17. The lowest BCUT2D eigenvalue weighted by atomic mass is 10.2. The van der Waals surface area contributed by atoms with Crippen molar-refractivity contribution in [3.05, 3.63) is 30.1 Å². The summed E-state index contributed by atoms with van der Waals surface area (Å²) in [4.78, 5) is 39.1. The molecule has 1 aliphatic rings. The number of hydrogen-bond acceptors (Lipinski definition) is 5. The Bertz CT molecular complexity index is 642. The molecule has 7 nitrogen and oxygen atoms in total. The third kappa shape index (κ3) is 5.44. The van der Waals surface area contributed by atoms with Gasteiger partial charge in [0.2, 0.25) is 11.8 Å². The molecule has 1 N–H and O–H groups in total. The van der Waals surface area contributed by atoms with Gasteiger partial charge in [0, 0.05) is 44.7 Å². The number of carbonyl (C=O) groups excluding carboxylic acids is 3. The average Bonchev–Trinajstić information content (AvgIpc) is 2.66. The standard InChI is InChI=1S/C18H24FN3O4/c1-13(18(25)26-2)20-16(23)7-8-17(24)22-11-9-21(10-12-22)15-5-3-14(19)4-6-15/h3-6,13H,7-12H2,1-2H3,(H,20,23)/t13-/m1/s1. The van der Waals surface area contributed by atoms with Gasteiger partial charge in [-0.05, 0) is 31.2 Å². The first-order chi connectivity index (χ1) is 12.4. The van der Waals surface area contributed by atoms with E-state index in [1.807, 2.05) is 0 Å².